The minimum Gasteiger partial charge on any atom is -2.00 e. The molecule has 0 amide bonds. The fourth-order valence-corrected chi connectivity index (χ4v) is 0. The topological polar surface area (TPSA) is 0 Å². The van der Waals surface area contributed by atoms with Crippen LogP contribution < -0.4 is 0 Å². The van der Waals surface area contributed by atoms with Crippen LogP contribution in [0.1, 0.15) is 0 Å². The van der Waals surface area contributed by atoms with E-state index in [9.17, 15) is 0 Å². The van der Waals surface area contributed by atoms with E-state index in [-0.39, 0.29) is 81.0 Å². The molecule has 1 radical (unpaired) electrons. The normalized spacial score (nSPS) is 0. The Balaban J connectivity index is 0. The Kier molecular flexibility index (Phi) is 350. The largest absolute Gasteiger partial charge is 2.00 e. The Morgan fingerprint density at radius 2 is 0.600 bits per heavy atom. The van der Waals surface area contributed by atoms with Gasteiger partial charge in [-0.1, -0.05) is 0 Å². The summed E-state index contributed by atoms with van der Waals surface area (Å²) in [6, 6.07) is 0. The van der Waals surface area contributed by atoms with E-state index < -0.39 is 0 Å². The van der Waals surface area contributed by atoms with Crippen LogP contribution in [0, 0.1) is 0 Å². The summed E-state index contributed by atoms with van der Waals surface area (Å²) in [5.41, 5.74) is 0. The standard InChI is InChI=1S/Mo.Rh.3S/q;;3*-2. The summed E-state index contributed by atoms with van der Waals surface area (Å²) in [7, 11) is 0. The molecular weight excluding hydrogens is 295 g/mol. The van der Waals surface area contributed by atoms with Crippen molar-refractivity contribution in [3.63, 3.8) is 0 Å². The van der Waals surface area contributed by atoms with Gasteiger partial charge >= 0.3 is 0 Å². The monoisotopic (exact) mass is 297 g/mol. The van der Waals surface area contributed by atoms with Crippen LogP contribution in [0.4, 0.5) is 0 Å². The van der Waals surface area contributed by atoms with Gasteiger partial charge in [-0.2, -0.15) is 0 Å². The minimum atomic E-state index is 0. The van der Waals surface area contributed by atoms with E-state index in [1.807, 2.05) is 0 Å². The summed E-state index contributed by atoms with van der Waals surface area (Å²) in [4.78, 5) is 0. The third-order valence-corrected chi connectivity index (χ3v) is 0. The average molecular weight is 295 g/mol. The van der Waals surface area contributed by atoms with Crippen molar-refractivity contribution in [3.05, 3.63) is 0 Å². The molecule has 0 fully saturated rings. The second-order valence-corrected chi connectivity index (χ2v) is 0. The van der Waals surface area contributed by atoms with Crippen molar-refractivity contribution in [1.29, 1.82) is 0 Å². The Labute approximate surface area is 80.2 Å². The molecule has 0 bridgehead atoms. The van der Waals surface area contributed by atoms with Gasteiger partial charge in [-0.3, -0.25) is 0 Å². The van der Waals surface area contributed by atoms with Gasteiger partial charge in [0, 0.05) is 40.5 Å². The molecule has 0 heterocycles. The van der Waals surface area contributed by atoms with Crippen molar-refractivity contribution < 1.29 is 40.5 Å². The molecule has 0 saturated heterocycles. The van der Waals surface area contributed by atoms with Crippen LogP contribution in [0.2, 0.25) is 0 Å². The van der Waals surface area contributed by atoms with Crippen LogP contribution in [0.5, 0.6) is 0 Å². The molecule has 0 nitrogen and oxygen atoms in total. The van der Waals surface area contributed by atoms with Crippen LogP contribution in [0.3, 0.4) is 0 Å². The minimum absolute atomic E-state index is 0. The summed E-state index contributed by atoms with van der Waals surface area (Å²) in [6.07, 6.45) is 0. The van der Waals surface area contributed by atoms with Gasteiger partial charge in [0.15, 0.2) is 0 Å². The fraction of sp³-hybridized carbons (Fsp3) is 0. The maximum Gasteiger partial charge on any atom is 0 e. The van der Waals surface area contributed by atoms with Crippen LogP contribution in [-0.2, 0) is 81.0 Å². The summed E-state index contributed by atoms with van der Waals surface area (Å²) >= 11 is 0. The first-order chi connectivity index (χ1) is 0. The zero-order chi connectivity index (χ0) is 0. The van der Waals surface area contributed by atoms with Gasteiger partial charge in [0.25, 0.3) is 0 Å². The number of hydrogen-bond acceptors (Lipinski definition) is 0. The van der Waals surface area contributed by atoms with Crippen LogP contribution in [-0.4, -0.2) is 0 Å². The number of rotatable bonds is 0. The first kappa shape index (κ1) is 53.4. The molecule has 0 saturated carbocycles. The van der Waals surface area contributed by atoms with E-state index in [0.29, 0.717) is 0 Å². The molecule has 0 aliphatic carbocycles. The van der Waals surface area contributed by atoms with Crippen molar-refractivity contribution >= 4 is 40.5 Å². The predicted octanol–water partition coefficient (Wildman–Crippen LogP) is -0.0122. The molecular formula is MoRhS3-6. The zero-order valence-corrected chi connectivity index (χ0v) is 8.06. The van der Waals surface area contributed by atoms with Crippen molar-refractivity contribution in [2.45, 2.75) is 0 Å². The van der Waals surface area contributed by atoms with Crippen molar-refractivity contribution in [1.82, 2.24) is 0 Å². The smallest absolute Gasteiger partial charge is 0 e. The molecule has 0 aromatic heterocycles. The Morgan fingerprint density at radius 1 is 0.600 bits per heavy atom. The maximum absolute atomic E-state index is 0. The molecule has 0 aliphatic rings. The van der Waals surface area contributed by atoms with Crippen LogP contribution >= 0.6 is 0 Å². The zero-order valence-electron chi connectivity index (χ0n) is 1.97. The summed E-state index contributed by atoms with van der Waals surface area (Å²) in [6.45, 7) is 0. The molecule has 5 heteroatoms. The van der Waals surface area contributed by atoms with Gasteiger partial charge in [0.1, 0.15) is 0 Å². The van der Waals surface area contributed by atoms with E-state index in [1.165, 1.54) is 0 Å². The Bertz CT molecular complexity index is 6.85. The van der Waals surface area contributed by atoms with Gasteiger partial charge in [0.2, 0.25) is 0 Å². The average Bonchev–Trinajstić information content (AvgIpc) is 0. The third kappa shape index (κ3) is 21.7. The van der Waals surface area contributed by atoms with Gasteiger partial charge in [-0.25, -0.2) is 0 Å². The SMILES string of the molecule is [Mo].[Rh].[S-2].[S-2].[S-2]. The third-order valence-electron chi connectivity index (χ3n) is 0. The fourth-order valence-electron chi connectivity index (χ4n) is 0. The molecule has 0 aromatic carbocycles. The molecule has 0 rings (SSSR count). The van der Waals surface area contributed by atoms with Crippen molar-refractivity contribution in [3.8, 4) is 0 Å². The Morgan fingerprint density at radius 3 is 0.600 bits per heavy atom. The van der Waals surface area contributed by atoms with Gasteiger partial charge in [-0.05, 0) is 0 Å². The quantitative estimate of drug-likeness (QED) is 0.551. The molecule has 0 spiro atoms. The summed E-state index contributed by atoms with van der Waals surface area (Å²) in [5, 5.41) is 0. The van der Waals surface area contributed by atoms with Crippen LogP contribution in [0.25, 0.3) is 0 Å². The first-order valence-electron chi connectivity index (χ1n) is 0. The maximum atomic E-state index is 0. The van der Waals surface area contributed by atoms with E-state index in [2.05, 4.69) is 0 Å². The Hall–Kier alpha value is 2.36. The van der Waals surface area contributed by atoms with Gasteiger partial charge in [0.05, 0.1) is 0 Å². The molecule has 0 aliphatic heterocycles. The van der Waals surface area contributed by atoms with Crippen LogP contribution in [0.15, 0.2) is 0 Å². The van der Waals surface area contributed by atoms with Crippen molar-refractivity contribution in [2.75, 3.05) is 0 Å². The summed E-state index contributed by atoms with van der Waals surface area (Å²) in [5.74, 6) is 0. The number of hydrogen-bond donors (Lipinski definition) is 0. The van der Waals surface area contributed by atoms with E-state index in [4.69, 9.17) is 0 Å². The molecule has 0 aromatic rings. The van der Waals surface area contributed by atoms with E-state index in [1.54, 1.807) is 0 Å². The molecule has 5 heavy (non-hydrogen) atoms. The van der Waals surface area contributed by atoms with Gasteiger partial charge in [-0.15, -0.1) is 0 Å². The molecule has 0 unspecified atom stereocenters. The second-order valence-electron chi connectivity index (χ2n) is 0. The molecule has 0 N–H and O–H groups in total. The van der Waals surface area contributed by atoms with Gasteiger partial charge < -0.3 is 40.5 Å². The van der Waals surface area contributed by atoms with E-state index in [0.717, 1.165) is 0 Å². The van der Waals surface area contributed by atoms with E-state index >= 15 is 0 Å². The molecule has 39 valence electrons. The molecule has 0 atom stereocenters. The van der Waals surface area contributed by atoms with Crippen molar-refractivity contribution in [2.24, 2.45) is 0 Å². The predicted molar refractivity (Wildman–Crippen MR) is 22.1 cm³/mol. The second kappa shape index (κ2) is 32.8. The first-order valence-corrected chi connectivity index (χ1v) is 0. The summed E-state index contributed by atoms with van der Waals surface area (Å²) < 4.78 is 0.